The monoisotopic (exact) mass is 331 g/mol. The van der Waals surface area contributed by atoms with Crippen LogP contribution in [0, 0.1) is 0 Å². The Morgan fingerprint density at radius 3 is 2.65 bits per heavy atom. The van der Waals surface area contributed by atoms with Crippen LogP contribution in [0.2, 0.25) is 0 Å². The van der Waals surface area contributed by atoms with Crippen molar-refractivity contribution in [3.8, 4) is 5.75 Å². The van der Waals surface area contributed by atoms with Gasteiger partial charge in [0.1, 0.15) is 5.75 Å². The van der Waals surface area contributed by atoms with Crippen LogP contribution in [-0.4, -0.2) is 22.5 Å². The number of halogens is 1. The molecule has 0 aromatic heterocycles. The maximum atomic E-state index is 12.5. The predicted octanol–water partition coefficient (Wildman–Crippen LogP) is 3.35. The van der Waals surface area contributed by atoms with Gasteiger partial charge in [0.2, 0.25) is 0 Å². The number of aromatic hydroxyl groups is 1. The lowest BCUT2D eigenvalue weighted by molar-refractivity contribution is 0.0731. The summed E-state index contributed by atoms with van der Waals surface area (Å²) in [5.41, 5.74) is 2.84. The number of benzene rings is 2. The van der Waals surface area contributed by atoms with Gasteiger partial charge < -0.3 is 10.0 Å². The van der Waals surface area contributed by atoms with Gasteiger partial charge >= 0.3 is 0 Å². The van der Waals surface area contributed by atoms with Crippen molar-refractivity contribution in [2.45, 2.75) is 13.0 Å². The van der Waals surface area contributed by atoms with Crippen LogP contribution >= 0.6 is 15.9 Å². The molecule has 0 aliphatic carbocycles. The second-order valence-corrected chi connectivity index (χ2v) is 5.82. The number of rotatable bonds is 1. The molecule has 0 unspecified atom stereocenters. The van der Waals surface area contributed by atoms with Gasteiger partial charge in [-0.3, -0.25) is 4.79 Å². The average molecular weight is 332 g/mol. The number of phenolic OH excluding ortho intramolecular Hbond substituents is 1. The predicted molar refractivity (Wildman–Crippen MR) is 80.7 cm³/mol. The fraction of sp³-hybridized carbons (Fsp3) is 0.188. The lowest BCUT2D eigenvalue weighted by Crippen LogP contribution is -2.35. The third kappa shape index (κ3) is 2.43. The van der Waals surface area contributed by atoms with Crippen molar-refractivity contribution in [2.75, 3.05) is 6.54 Å². The van der Waals surface area contributed by atoms with Crippen molar-refractivity contribution >= 4 is 21.8 Å². The van der Waals surface area contributed by atoms with E-state index in [0.717, 1.165) is 10.9 Å². The van der Waals surface area contributed by atoms with Crippen molar-refractivity contribution in [1.82, 2.24) is 4.90 Å². The highest BCUT2D eigenvalue weighted by Crippen LogP contribution is 2.26. The number of hydrogen-bond donors (Lipinski definition) is 1. The van der Waals surface area contributed by atoms with Crippen LogP contribution in [0.1, 0.15) is 21.5 Å². The summed E-state index contributed by atoms with van der Waals surface area (Å²) in [6.45, 7) is 1.29. The second kappa shape index (κ2) is 5.29. The molecule has 0 fully saturated rings. The minimum absolute atomic E-state index is 0.0169. The van der Waals surface area contributed by atoms with Gasteiger partial charge in [0, 0.05) is 17.6 Å². The van der Waals surface area contributed by atoms with E-state index in [1.807, 2.05) is 12.1 Å². The Kier molecular flexibility index (Phi) is 3.49. The van der Waals surface area contributed by atoms with E-state index in [0.29, 0.717) is 18.7 Å². The van der Waals surface area contributed by atoms with Gasteiger partial charge in [-0.25, -0.2) is 0 Å². The fourth-order valence-corrected chi connectivity index (χ4v) is 2.87. The van der Waals surface area contributed by atoms with Crippen LogP contribution < -0.4 is 0 Å². The van der Waals surface area contributed by atoms with Gasteiger partial charge in [0.25, 0.3) is 5.91 Å². The van der Waals surface area contributed by atoms with E-state index in [9.17, 15) is 9.90 Å². The first-order valence-corrected chi connectivity index (χ1v) is 7.29. The van der Waals surface area contributed by atoms with Gasteiger partial charge in [0.05, 0.1) is 5.56 Å². The summed E-state index contributed by atoms with van der Waals surface area (Å²) in [7, 11) is 0. The molecule has 1 N–H and O–H groups in total. The molecule has 0 spiro atoms. The maximum Gasteiger partial charge on any atom is 0.257 e. The van der Waals surface area contributed by atoms with E-state index in [1.165, 1.54) is 11.1 Å². The third-order valence-electron chi connectivity index (χ3n) is 3.61. The Morgan fingerprint density at radius 1 is 1.15 bits per heavy atom. The van der Waals surface area contributed by atoms with Crippen LogP contribution in [0.4, 0.5) is 0 Å². The van der Waals surface area contributed by atoms with E-state index >= 15 is 0 Å². The summed E-state index contributed by atoms with van der Waals surface area (Å²) in [4.78, 5) is 14.3. The highest BCUT2D eigenvalue weighted by Gasteiger charge is 2.23. The second-order valence-electron chi connectivity index (χ2n) is 4.91. The van der Waals surface area contributed by atoms with Crippen LogP contribution in [-0.2, 0) is 13.0 Å². The molecular formula is C16H14BrNO2. The molecule has 0 saturated carbocycles. The summed E-state index contributed by atoms with van der Waals surface area (Å²) in [6, 6.07) is 13.1. The largest absolute Gasteiger partial charge is 0.507 e. The van der Waals surface area contributed by atoms with Crippen molar-refractivity contribution in [3.05, 3.63) is 63.6 Å². The minimum Gasteiger partial charge on any atom is -0.507 e. The summed E-state index contributed by atoms with van der Waals surface area (Å²) < 4.78 is 0.760. The zero-order valence-electron chi connectivity index (χ0n) is 10.8. The molecule has 1 heterocycles. The summed E-state index contributed by atoms with van der Waals surface area (Å²) in [6.07, 6.45) is 0.860. The van der Waals surface area contributed by atoms with Gasteiger partial charge in [-0.1, -0.05) is 40.2 Å². The SMILES string of the molecule is O=C(c1ccc(Br)cc1O)N1CCc2ccccc2C1. The number of amides is 1. The first-order chi connectivity index (χ1) is 9.65. The molecule has 1 amide bonds. The molecule has 0 saturated heterocycles. The molecular weight excluding hydrogens is 318 g/mol. The molecule has 4 heteroatoms. The molecule has 3 rings (SSSR count). The average Bonchev–Trinajstić information content (AvgIpc) is 2.46. The van der Waals surface area contributed by atoms with Crippen LogP contribution in [0.3, 0.4) is 0 Å². The Balaban J connectivity index is 1.86. The van der Waals surface area contributed by atoms with Crippen molar-refractivity contribution in [3.63, 3.8) is 0 Å². The smallest absolute Gasteiger partial charge is 0.257 e. The van der Waals surface area contributed by atoms with Crippen LogP contribution in [0.5, 0.6) is 5.75 Å². The number of nitrogens with zero attached hydrogens (tertiary/aromatic N) is 1. The zero-order chi connectivity index (χ0) is 14.1. The highest BCUT2D eigenvalue weighted by molar-refractivity contribution is 9.10. The van der Waals surface area contributed by atoms with Gasteiger partial charge in [0.15, 0.2) is 0 Å². The quantitative estimate of drug-likeness (QED) is 0.870. The van der Waals surface area contributed by atoms with Gasteiger partial charge in [-0.05, 0) is 35.7 Å². The molecule has 0 bridgehead atoms. The molecule has 20 heavy (non-hydrogen) atoms. The van der Waals surface area contributed by atoms with Crippen molar-refractivity contribution in [2.24, 2.45) is 0 Å². The highest BCUT2D eigenvalue weighted by atomic mass is 79.9. The van der Waals surface area contributed by atoms with Crippen LogP contribution in [0.15, 0.2) is 46.9 Å². The zero-order valence-corrected chi connectivity index (χ0v) is 12.4. The van der Waals surface area contributed by atoms with Gasteiger partial charge in [-0.15, -0.1) is 0 Å². The molecule has 1 aliphatic heterocycles. The van der Waals surface area contributed by atoms with E-state index in [1.54, 1.807) is 23.1 Å². The molecule has 0 radical (unpaired) electrons. The topological polar surface area (TPSA) is 40.5 Å². The molecule has 102 valence electrons. The van der Waals surface area contributed by atoms with E-state index < -0.39 is 0 Å². The number of carbonyl (C=O) groups is 1. The molecule has 3 nitrogen and oxygen atoms in total. The maximum absolute atomic E-state index is 12.5. The number of fused-ring (bicyclic) bond motifs is 1. The summed E-state index contributed by atoms with van der Waals surface area (Å²) >= 11 is 3.28. The van der Waals surface area contributed by atoms with E-state index in [-0.39, 0.29) is 11.7 Å². The Bertz CT molecular complexity index is 669. The molecule has 1 aliphatic rings. The molecule has 2 aromatic rings. The van der Waals surface area contributed by atoms with Crippen LogP contribution in [0.25, 0.3) is 0 Å². The third-order valence-corrected chi connectivity index (χ3v) is 4.10. The first kappa shape index (κ1) is 13.2. The Hall–Kier alpha value is -1.81. The normalized spacial score (nSPS) is 13.9. The Morgan fingerprint density at radius 2 is 1.90 bits per heavy atom. The van der Waals surface area contributed by atoms with Gasteiger partial charge in [-0.2, -0.15) is 0 Å². The minimum atomic E-state index is -0.121. The lowest BCUT2D eigenvalue weighted by Gasteiger charge is -2.29. The van der Waals surface area contributed by atoms with E-state index in [4.69, 9.17) is 0 Å². The molecule has 2 aromatic carbocycles. The van der Waals surface area contributed by atoms with E-state index in [2.05, 4.69) is 28.1 Å². The lowest BCUT2D eigenvalue weighted by atomic mass is 9.99. The first-order valence-electron chi connectivity index (χ1n) is 6.50. The number of carbonyl (C=O) groups excluding carboxylic acids is 1. The number of hydrogen-bond acceptors (Lipinski definition) is 2. The number of phenols is 1. The molecule has 0 atom stereocenters. The summed E-state index contributed by atoms with van der Waals surface area (Å²) in [5, 5.41) is 9.91. The summed E-state index contributed by atoms with van der Waals surface area (Å²) in [5.74, 6) is -0.104. The standard InChI is InChI=1S/C16H14BrNO2/c17-13-5-6-14(15(19)9-13)16(20)18-8-7-11-3-1-2-4-12(11)10-18/h1-6,9,19H,7-8,10H2. The van der Waals surface area contributed by atoms with Crippen molar-refractivity contribution in [1.29, 1.82) is 0 Å². The fourth-order valence-electron chi connectivity index (χ4n) is 2.53. The Labute approximate surface area is 126 Å². The van der Waals surface area contributed by atoms with Crippen molar-refractivity contribution < 1.29 is 9.90 Å².